The van der Waals surface area contributed by atoms with Gasteiger partial charge in [0.2, 0.25) is 0 Å². The molecular formula is C28H27Cl2F3N2O3. The highest BCUT2D eigenvalue weighted by molar-refractivity contribution is 6.30. The number of benzene rings is 3. The summed E-state index contributed by atoms with van der Waals surface area (Å²) in [5, 5.41) is 1.20. The fourth-order valence-electron chi connectivity index (χ4n) is 4.10. The van der Waals surface area contributed by atoms with Gasteiger partial charge in [-0.2, -0.15) is 13.2 Å². The van der Waals surface area contributed by atoms with Crippen molar-refractivity contribution in [2.24, 2.45) is 0 Å². The van der Waals surface area contributed by atoms with Gasteiger partial charge >= 0.3 is 6.18 Å². The van der Waals surface area contributed by atoms with Gasteiger partial charge in [-0.3, -0.25) is 9.69 Å². The summed E-state index contributed by atoms with van der Waals surface area (Å²) in [4.78, 5) is 16.6. The minimum atomic E-state index is -4.38. The fourth-order valence-corrected chi connectivity index (χ4v) is 4.35. The van der Waals surface area contributed by atoms with Crippen molar-refractivity contribution in [2.45, 2.75) is 18.9 Å². The van der Waals surface area contributed by atoms with Crippen LogP contribution < -0.4 is 4.74 Å². The van der Waals surface area contributed by atoms with Crippen LogP contribution in [0.3, 0.4) is 0 Å². The molecule has 3 aromatic carbocycles. The van der Waals surface area contributed by atoms with Crippen LogP contribution in [-0.2, 0) is 22.3 Å². The summed E-state index contributed by atoms with van der Waals surface area (Å²) in [7, 11) is 0. The molecule has 0 unspecified atom stereocenters. The molecule has 3 aromatic rings. The Labute approximate surface area is 229 Å². The van der Waals surface area contributed by atoms with Gasteiger partial charge in [0.05, 0.1) is 18.3 Å². The summed E-state index contributed by atoms with van der Waals surface area (Å²) >= 11 is 11.9. The number of alkyl halides is 3. The van der Waals surface area contributed by atoms with Gasteiger partial charge in [-0.05, 0) is 59.7 Å². The first-order valence-electron chi connectivity index (χ1n) is 12.1. The number of halogens is 5. The lowest BCUT2D eigenvalue weighted by Gasteiger charge is -2.36. The molecule has 0 aliphatic carbocycles. The maximum atomic E-state index is 12.9. The molecule has 1 fully saturated rings. The second kappa shape index (κ2) is 12.8. The monoisotopic (exact) mass is 566 g/mol. The van der Waals surface area contributed by atoms with E-state index in [1.165, 1.54) is 12.1 Å². The Balaban J connectivity index is 1.31. The zero-order valence-electron chi connectivity index (χ0n) is 20.5. The van der Waals surface area contributed by atoms with Crippen molar-refractivity contribution >= 4 is 29.1 Å². The number of ether oxygens (including phenoxy) is 2. The minimum Gasteiger partial charge on any atom is -0.484 e. The lowest BCUT2D eigenvalue weighted by Crippen LogP contribution is -2.50. The lowest BCUT2D eigenvalue weighted by molar-refractivity contribution is -0.137. The summed E-state index contributed by atoms with van der Waals surface area (Å²) in [6.07, 6.45) is -4.71. The zero-order valence-corrected chi connectivity index (χ0v) is 22.0. The molecule has 1 aliphatic rings. The number of carbonyl (C=O) groups excluding carboxylic acids is 1. The molecule has 202 valence electrons. The normalized spacial score (nSPS) is 15.3. The third-order valence-corrected chi connectivity index (χ3v) is 6.80. The van der Waals surface area contributed by atoms with E-state index in [9.17, 15) is 18.0 Å². The van der Waals surface area contributed by atoms with Crippen LogP contribution in [0.5, 0.6) is 5.75 Å². The van der Waals surface area contributed by atoms with Gasteiger partial charge in [-0.1, -0.05) is 47.5 Å². The first-order valence-corrected chi connectivity index (χ1v) is 12.8. The van der Waals surface area contributed by atoms with Crippen molar-refractivity contribution in [2.75, 3.05) is 39.3 Å². The van der Waals surface area contributed by atoms with E-state index in [1.807, 2.05) is 12.1 Å². The number of carbonyl (C=O) groups is 1. The van der Waals surface area contributed by atoms with Gasteiger partial charge < -0.3 is 14.4 Å². The topological polar surface area (TPSA) is 42.0 Å². The highest BCUT2D eigenvalue weighted by atomic mass is 35.5. The molecule has 0 saturated carbocycles. The lowest BCUT2D eigenvalue weighted by atomic mass is 10.1. The minimum absolute atomic E-state index is 0.0503. The zero-order chi connectivity index (χ0) is 27.1. The van der Waals surface area contributed by atoms with E-state index in [2.05, 4.69) is 4.90 Å². The van der Waals surface area contributed by atoms with E-state index >= 15 is 0 Å². The summed E-state index contributed by atoms with van der Waals surface area (Å²) < 4.78 is 50.4. The van der Waals surface area contributed by atoms with Crippen LogP contribution in [0.25, 0.3) is 0 Å². The van der Waals surface area contributed by atoms with Crippen LogP contribution in [0.4, 0.5) is 13.2 Å². The van der Waals surface area contributed by atoms with E-state index in [4.69, 9.17) is 32.7 Å². The third kappa shape index (κ3) is 8.11. The maximum absolute atomic E-state index is 12.9. The van der Waals surface area contributed by atoms with Crippen LogP contribution in [0.15, 0.2) is 72.8 Å². The van der Waals surface area contributed by atoms with Crippen molar-refractivity contribution in [3.63, 3.8) is 0 Å². The second-order valence-electron chi connectivity index (χ2n) is 8.97. The van der Waals surface area contributed by atoms with Crippen molar-refractivity contribution in [3.05, 3.63) is 99.5 Å². The molecule has 10 heteroatoms. The Morgan fingerprint density at radius 1 is 0.842 bits per heavy atom. The molecule has 0 aromatic heterocycles. The van der Waals surface area contributed by atoms with Gasteiger partial charge in [-0.25, -0.2) is 0 Å². The highest BCUT2D eigenvalue weighted by Gasteiger charge is 2.30. The molecule has 1 atom stereocenters. The summed E-state index contributed by atoms with van der Waals surface area (Å²) in [5.41, 5.74) is 0.866. The molecule has 0 radical (unpaired) electrons. The van der Waals surface area contributed by atoms with Crippen LogP contribution in [0, 0.1) is 0 Å². The predicted molar refractivity (Wildman–Crippen MR) is 140 cm³/mol. The highest BCUT2D eigenvalue weighted by Crippen LogP contribution is 2.30. The largest absolute Gasteiger partial charge is 0.484 e. The Bertz CT molecular complexity index is 1180. The van der Waals surface area contributed by atoms with Crippen molar-refractivity contribution in [3.8, 4) is 5.75 Å². The number of nitrogens with zero attached hydrogens (tertiary/aromatic N) is 2. The maximum Gasteiger partial charge on any atom is 0.416 e. The van der Waals surface area contributed by atoms with Crippen LogP contribution in [0.2, 0.25) is 10.0 Å². The molecule has 1 saturated heterocycles. The average Bonchev–Trinajstić information content (AvgIpc) is 2.91. The van der Waals surface area contributed by atoms with Crippen molar-refractivity contribution in [1.29, 1.82) is 0 Å². The molecule has 4 rings (SSSR count). The SMILES string of the molecule is O=C(COc1ccc(Cl)cc1)N1CCN(C[C@H](OCc2ccc(C(F)(F)F)cc2)c2ccc(Cl)cc2)CC1. The number of rotatable bonds is 9. The number of piperazine rings is 1. The van der Waals surface area contributed by atoms with E-state index in [-0.39, 0.29) is 25.2 Å². The smallest absolute Gasteiger partial charge is 0.416 e. The van der Waals surface area contributed by atoms with E-state index in [1.54, 1.807) is 41.3 Å². The quantitative estimate of drug-likeness (QED) is 0.297. The van der Waals surface area contributed by atoms with Gasteiger partial charge in [0.25, 0.3) is 5.91 Å². The first kappa shape index (κ1) is 28.2. The standard InChI is InChI=1S/C28H27Cl2F3N2O3/c29-23-7-3-21(4-8-23)26(38-18-20-1-5-22(6-2-20)28(31,32)33)17-34-13-15-35(16-14-34)27(36)19-37-25-11-9-24(30)10-12-25/h1-12,26H,13-19H2/t26-/m0/s1. The van der Waals surface area contributed by atoms with E-state index in [0.29, 0.717) is 54.1 Å². The van der Waals surface area contributed by atoms with E-state index < -0.39 is 11.7 Å². The van der Waals surface area contributed by atoms with Crippen molar-refractivity contribution < 1.29 is 27.4 Å². The molecule has 0 spiro atoms. The Morgan fingerprint density at radius 3 is 2.00 bits per heavy atom. The van der Waals surface area contributed by atoms with Gasteiger partial charge in [0.1, 0.15) is 5.75 Å². The van der Waals surface area contributed by atoms with Crippen LogP contribution >= 0.6 is 23.2 Å². The molecule has 1 aliphatic heterocycles. The molecular weight excluding hydrogens is 540 g/mol. The molecule has 0 N–H and O–H groups in total. The summed E-state index contributed by atoms with van der Waals surface area (Å²) in [6, 6.07) is 19.1. The number of amides is 1. The van der Waals surface area contributed by atoms with E-state index in [0.717, 1.165) is 17.7 Å². The summed E-state index contributed by atoms with van der Waals surface area (Å²) in [6.45, 7) is 3.08. The Morgan fingerprint density at radius 2 is 1.42 bits per heavy atom. The number of hydrogen-bond donors (Lipinski definition) is 0. The molecule has 1 amide bonds. The molecule has 1 heterocycles. The molecule has 0 bridgehead atoms. The van der Waals surface area contributed by atoms with Crippen LogP contribution in [-0.4, -0.2) is 55.0 Å². The van der Waals surface area contributed by atoms with Gasteiger partial charge in [0, 0.05) is 42.8 Å². The molecule has 5 nitrogen and oxygen atoms in total. The van der Waals surface area contributed by atoms with Crippen molar-refractivity contribution in [1.82, 2.24) is 9.80 Å². The first-order chi connectivity index (χ1) is 18.2. The number of hydrogen-bond acceptors (Lipinski definition) is 4. The third-order valence-electron chi connectivity index (χ3n) is 6.30. The molecule has 38 heavy (non-hydrogen) atoms. The Hall–Kier alpha value is -2.78. The van der Waals surface area contributed by atoms with Gasteiger partial charge in [-0.15, -0.1) is 0 Å². The summed E-state index contributed by atoms with van der Waals surface area (Å²) in [5.74, 6) is 0.491. The van der Waals surface area contributed by atoms with Gasteiger partial charge in [0.15, 0.2) is 6.61 Å². The second-order valence-corrected chi connectivity index (χ2v) is 9.84. The average molecular weight is 567 g/mol. The predicted octanol–water partition coefficient (Wildman–Crippen LogP) is 6.49. The van der Waals surface area contributed by atoms with Crippen LogP contribution in [0.1, 0.15) is 22.8 Å². The fraction of sp³-hybridized carbons (Fsp3) is 0.321. The Kier molecular flexibility index (Phi) is 9.54.